The normalized spacial score (nSPS) is 17.4. The highest BCUT2D eigenvalue weighted by Crippen LogP contribution is 2.33. The molecule has 0 bridgehead atoms. The molecule has 3 heterocycles. The van der Waals surface area contributed by atoms with E-state index in [1.807, 2.05) is 6.08 Å². The van der Waals surface area contributed by atoms with Crippen LogP contribution in [-0.4, -0.2) is 60.1 Å². The molecule has 0 aromatic carbocycles. The number of nitrogens with two attached hydrogens (primary N) is 1. The second-order valence-corrected chi connectivity index (χ2v) is 8.53. The van der Waals surface area contributed by atoms with E-state index in [-0.39, 0.29) is 17.7 Å². The Hall–Kier alpha value is -2.87. The fraction of sp³-hybridized carbons (Fsp3) is 0.542. The lowest BCUT2D eigenvalue weighted by Crippen LogP contribution is -2.27. The number of carbonyl (C=O) groups excluding carboxylic acids is 1. The molecule has 3 rings (SSSR count). The number of unbranched alkanes of at least 4 members (excludes halogenated alkanes) is 1. The number of carbonyl (C=O) groups is 1. The van der Waals surface area contributed by atoms with Gasteiger partial charge in [-0.25, -0.2) is 0 Å². The lowest BCUT2D eigenvalue weighted by molar-refractivity contribution is -0.115. The average Bonchev–Trinajstić information content (AvgIpc) is 3.20. The Balaban J connectivity index is 1.69. The highest BCUT2D eigenvalue weighted by molar-refractivity contribution is 5.98. The smallest absolute Gasteiger partial charge is 0.320 e. The maximum Gasteiger partial charge on any atom is 0.320 e. The molecule has 0 saturated carbocycles. The first-order valence-electron chi connectivity index (χ1n) is 11.6. The number of anilines is 3. The lowest BCUT2D eigenvalue weighted by atomic mass is 10.2. The second kappa shape index (κ2) is 11.7. The van der Waals surface area contributed by atoms with Crippen LogP contribution in [0.2, 0.25) is 0 Å². The third-order valence-corrected chi connectivity index (χ3v) is 5.58. The van der Waals surface area contributed by atoms with Crippen molar-refractivity contribution in [1.29, 1.82) is 0 Å². The summed E-state index contributed by atoms with van der Waals surface area (Å²) in [6.07, 6.45) is 11.1. The van der Waals surface area contributed by atoms with Crippen molar-refractivity contribution in [2.24, 2.45) is 0 Å². The fourth-order valence-electron chi connectivity index (χ4n) is 3.85. The molecule has 1 aromatic heterocycles. The average molecular weight is 441 g/mol. The molecule has 1 fully saturated rings. The molecular weight excluding hydrogens is 404 g/mol. The van der Waals surface area contributed by atoms with Crippen molar-refractivity contribution in [1.82, 2.24) is 14.9 Å². The number of amides is 1. The zero-order valence-corrected chi connectivity index (χ0v) is 19.4. The third-order valence-electron chi connectivity index (χ3n) is 5.58. The number of hydrogen-bond donors (Lipinski definition) is 2. The summed E-state index contributed by atoms with van der Waals surface area (Å²) in [6.45, 7) is 13.3. The highest BCUT2D eigenvalue weighted by atomic mass is 16.5. The van der Waals surface area contributed by atoms with E-state index in [1.54, 1.807) is 0 Å². The van der Waals surface area contributed by atoms with Crippen LogP contribution in [0.3, 0.4) is 0 Å². The summed E-state index contributed by atoms with van der Waals surface area (Å²) in [6, 6.07) is 0.246. The molecule has 0 unspecified atom stereocenters. The van der Waals surface area contributed by atoms with Crippen LogP contribution in [0.25, 0.3) is 0 Å². The molecule has 0 radical (unpaired) electrons. The van der Waals surface area contributed by atoms with Gasteiger partial charge < -0.3 is 20.7 Å². The minimum absolute atomic E-state index is 0.0940. The number of nitrogens with one attached hydrogen (secondary N) is 1. The Morgan fingerprint density at radius 2 is 2.03 bits per heavy atom. The molecule has 1 aromatic rings. The van der Waals surface area contributed by atoms with E-state index < -0.39 is 0 Å². The summed E-state index contributed by atoms with van der Waals surface area (Å²) in [5.41, 5.74) is 8.85. The third kappa shape index (κ3) is 6.82. The van der Waals surface area contributed by atoms with E-state index in [4.69, 9.17) is 10.5 Å². The number of likely N-dealkylation sites (tertiary alicyclic amines) is 1. The summed E-state index contributed by atoms with van der Waals surface area (Å²) in [7, 11) is 0. The van der Waals surface area contributed by atoms with Gasteiger partial charge in [0, 0.05) is 26.1 Å². The number of rotatable bonds is 10. The SMILES string of the molecule is C=C(/C=C\C=C(/C)CN1CCC(=O)Nc2c(N)nc(OCCCC)nc21)CN1CCCC1. The van der Waals surface area contributed by atoms with Crippen LogP contribution < -0.4 is 20.7 Å². The Morgan fingerprint density at radius 3 is 2.78 bits per heavy atom. The first kappa shape index (κ1) is 23.8. The first-order valence-corrected chi connectivity index (χ1v) is 11.6. The van der Waals surface area contributed by atoms with Gasteiger partial charge in [0.1, 0.15) is 5.69 Å². The lowest BCUT2D eigenvalue weighted by Gasteiger charge is -2.24. The molecule has 174 valence electrons. The van der Waals surface area contributed by atoms with Gasteiger partial charge in [0.15, 0.2) is 11.6 Å². The molecule has 8 heteroatoms. The minimum Gasteiger partial charge on any atom is -0.463 e. The van der Waals surface area contributed by atoms with Gasteiger partial charge >= 0.3 is 6.01 Å². The van der Waals surface area contributed by atoms with Gasteiger partial charge in [0.05, 0.1) is 6.61 Å². The standard InChI is InChI=1S/C24H36N6O2/c1-4-5-15-32-24-27-22(25)21-23(28-24)30(14-11-20(31)26-21)17-19(3)10-8-9-18(2)16-29-12-6-7-13-29/h8-10H,2,4-7,11-17H2,1,3H3,(H,26,31)(H2,25,27,28)/b9-8-,19-10+. The number of fused-ring (bicyclic) bond motifs is 1. The van der Waals surface area contributed by atoms with Crippen LogP contribution in [0.1, 0.15) is 46.0 Å². The Bertz CT molecular complexity index is 873. The van der Waals surface area contributed by atoms with Crippen molar-refractivity contribution in [2.45, 2.75) is 46.0 Å². The van der Waals surface area contributed by atoms with E-state index in [0.29, 0.717) is 37.6 Å². The van der Waals surface area contributed by atoms with Gasteiger partial charge in [0.2, 0.25) is 5.91 Å². The summed E-state index contributed by atoms with van der Waals surface area (Å²) < 4.78 is 5.68. The summed E-state index contributed by atoms with van der Waals surface area (Å²) in [4.78, 5) is 25.5. The van der Waals surface area contributed by atoms with E-state index in [2.05, 4.69) is 57.7 Å². The van der Waals surface area contributed by atoms with Crippen LogP contribution in [0.5, 0.6) is 6.01 Å². The summed E-state index contributed by atoms with van der Waals surface area (Å²) >= 11 is 0. The van der Waals surface area contributed by atoms with Crippen LogP contribution in [0, 0.1) is 0 Å². The van der Waals surface area contributed by atoms with E-state index in [0.717, 1.165) is 43.6 Å². The van der Waals surface area contributed by atoms with Crippen molar-refractivity contribution in [2.75, 3.05) is 55.3 Å². The molecule has 2 aliphatic rings. The van der Waals surface area contributed by atoms with Crippen LogP contribution in [0.15, 0.2) is 36.0 Å². The molecule has 0 spiro atoms. The van der Waals surface area contributed by atoms with Gasteiger partial charge in [-0.2, -0.15) is 9.97 Å². The Morgan fingerprint density at radius 1 is 1.25 bits per heavy atom. The highest BCUT2D eigenvalue weighted by Gasteiger charge is 2.25. The molecule has 1 saturated heterocycles. The van der Waals surface area contributed by atoms with Crippen molar-refractivity contribution in [3.63, 3.8) is 0 Å². The van der Waals surface area contributed by atoms with Crippen LogP contribution >= 0.6 is 0 Å². The number of nitrogens with zero attached hydrogens (tertiary/aromatic N) is 4. The maximum absolute atomic E-state index is 12.2. The number of hydrogen-bond acceptors (Lipinski definition) is 7. The predicted molar refractivity (Wildman–Crippen MR) is 130 cm³/mol. The minimum atomic E-state index is -0.0940. The van der Waals surface area contributed by atoms with Gasteiger partial charge in [0.25, 0.3) is 0 Å². The van der Waals surface area contributed by atoms with Crippen molar-refractivity contribution in [3.05, 3.63) is 36.0 Å². The summed E-state index contributed by atoms with van der Waals surface area (Å²) in [5.74, 6) is 0.731. The maximum atomic E-state index is 12.2. The van der Waals surface area contributed by atoms with E-state index in [1.165, 1.54) is 12.8 Å². The number of allylic oxidation sites excluding steroid dienone is 2. The molecule has 8 nitrogen and oxygen atoms in total. The Kier molecular flexibility index (Phi) is 8.67. The van der Waals surface area contributed by atoms with E-state index >= 15 is 0 Å². The molecule has 0 aliphatic carbocycles. The van der Waals surface area contributed by atoms with Crippen LogP contribution in [0.4, 0.5) is 17.3 Å². The van der Waals surface area contributed by atoms with Gasteiger partial charge in [-0.05, 0) is 44.8 Å². The van der Waals surface area contributed by atoms with Crippen molar-refractivity contribution < 1.29 is 9.53 Å². The van der Waals surface area contributed by atoms with Crippen molar-refractivity contribution >= 4 is 23.2 Å². The van der Waals surface area contributed by atoms with Crippen molar-refractivity contribution in [3.8, 4) is 6.01 Å². The van der Waals surface area contributed by atoms with E-state index in [9.17, 15) is 4.79 Å². The molecule has 1 amide bonds. The monoisotopic (exact) mass is 440 g/mol. The first-order chi connectivity index (χ1) is 15.5. The zero-order valence-electron chi connectivity index (χ0n) is 19.4. The molecule has 0 atom stereocenters. The quantitative estimate of drug-likeness (QED) is 0.424. The van der Waals surface area contributed by atoms with Crippen LogP contribution in [-0.2, 0) is 4.79 Å². The zero-order chi connectivity index (χ0) is 22.9. The number of ether oxygens (including phenoxy) is 1. The molecular formula is C24H36N6O2. The summed E-state index contributed by atoms with van der Waals surface area (Å²) in [5, 5.41) is 2.84. The predicted octanol–water partition coefficient (Wildman–Crippen LogP) is 3.54. The molecule has 2 aliphatic heterocycles. The second-order valence-electron chi connectivity index (χ2n) is 8.53. The largest absolute Gasteiger partial charge is 0.463 e. The topological polar surface area (TPSA) is 96.6 Å². The van der Waals surface area contributed by atoms with Gasteiger partial charge in [-0.15, -0.1) is 0 Å². The Labute approximate surface area is 191 Å². The molecule has 3 N–H and O–H groups in total. The number of aromatic nitrogens is 2. The van der Waals surface area contributed by atoms with Gasteiger partial charge in [-0.1, -0.05) is 43.7 Å². The van der Waals surface area contributed by atoms with Gasteiger partial charge in [-0.3, -0.25) is 9.69 Å². The number of nitrogen functional groups attached to an aromatic ring is 1. The fourth-order valence-corrected chi connectivity index (χ4v) is 3.85. The molecule has 32 heavy (non-hydrogen) atoms.